The van der Waals surface area contributed by atoms with Gasteiger partial charge in [-0.15, -0.1) is 0 Å². The summed E-state index contributed by atoms with van der Waals surface area (Å²) in [5.74, 6) is 0.245. The third-order valence-electron chi connectivity index (χ3n) is 5.78. The average Bonchev–Trinajstić information content (AvgIpc) is 2.61. The number of hydrogen-bond acceptors (Lipinski definition) is 2. The summed E-state index contributed by atoms with van der Waals surface area (Å²) in [5, 5.41) is 3.09. The SMILES string of the molecule is CC(CNC(=O)N1CCC2(CCCCC2)CC1)c1ccccn1. The first-order chi connectivity index (χ1) is 11.2. The van der Waals surface area contributed by atoms with E-state index in [1.165, 1.54) is 44.9 Å². The predicted molar refractivity (Wildman–Crippen MR) is 92.4 cm³/mol. The van der Waals surface area contributed by atoms with Gasteiger partial charge in [-0.2, -0.15) is 0 Å². The van der Waals surface area contributed by atoms with Gasteiger partial charge in [0, 0.05) is 37.4 Å². The van der Waals surface area contributed by atoms with Crippen molar-refractivity contribution in [1.29, 1.82) is 0 Å². The Labute approximate surface area is 139 Å². The largest absolute Gasteiger partial charge is 0.337 e. The molecule has 4 heteroatoms. The van der Waals surface area contributed by atoms with Crippen molar-refractivity contribution in [3.8, 4) is 0 Å². The van der Waals surface area contributed by atoms with Crippen LogP contribution in [-0.4, -0.2) is 35.5 Å². The normalized spacial score (nSPS) is 21.9. The second kappa shape index (κ2) is 7.33. The van der Waals surface area contributed by atoms with E-state index in [9.17, 15) is 4.79 Å². The van der Waals surface area contributed by atoms with E-state index >= 15 is 0 Å². The number of carbonyl (C=O) groups is 1. The van der Waals surface area contributed by atoms with E-state index in [4.69, 9.17) is 0 Å². The Bertz CT molecular complexity index is 501. The van der Waals surface area contributed by atoms with Crippen molar-refractivity contribution in [2.45, 2.75) is 57.8 Å². The fourth-order valence-electron chi connectivity index (χ4n) is 4.11. The van der Waals surface area contributed by atoms with Gasteiger partial charge in [-0.1, -0.05) is 32.3 Å². The zero-order chi connectivity index (χ0) is 16.1. The lowest BCUT2D eigenvalue weighted by molar-refractivity contribution is 0.0812. The molecule has 126 valence electrons. The van der Waals surface area contributed by atoms with Gasteiger partial charge in [0.25, 0.3) is 0 Å². The highest BCUT2D eigenvalue weighted by Crippen LogP contribution is 2.44. The molecule has 2 amide bonds. The smallest absolute Gasteiger partial charge is 0.317 e. The molecule has 2 heterocycles. The molecule has 1 aromatic rings. The molecule has 1 unspecified atom stereocenters. The summed E-state index contributed by atoms with van der Waals surface area (Å²) in [5.41, 5.74) is 1.59. The van der Waals surface area contributed by atoms with Crippen molar-refractivity contribution in [2.75, 3.05) is 19.6 Å². The van der Waals surface area contributed by atoms with Crippen molar-refractivity contribution < 1.29 is 4.79 Å². The Kier molecular flexibility index (Phi) is 5.19. The van der Waals surface area contributed by atoms with Gasteiger partial charge in [-0.25, -0.2) is 4.79 Å². The summed E-state index contributed by atoms with van der Waals surface area (Å²) in [7, 11) is 0. The molecule has 1 atom stereocenters. The number of rotatable bonds is 3. The maximum Gasteiger partial charge on any atom is 0.317 e. The van der Waals surface area contributed by atoms with E-state index < -0.39 is 0 Å². The van der Waals surface area contributed by atoms with Crippen LogP contribution in [0.3, 0.4) is 0 Å². The molecule has 4 nitrogen and oxygen atoms in total. The predicted octanol–water partition coefficient (Wildman–Crippen LogP) is 3.94. The molecule has 1 aromatic heterocycles. The number of amides is 2. The minimum atomic E-state index is 0.0958. The number of pyridine rings is 1. The Balaban J connectivity index is 1.44. The minimum Gasteiger partial charge on any atom is -0.337 e. The molecule has 0 aromatic carbocycles. The van der Waals surface area contributed by atoms with Gasteiger partial charge in [-0.3, -0.25) is 4.98 Å². The molecule has 0 bridgehead atoms. The quantitative estimate of drug-likeness (QED) is 0.918. The lowest BCUT2D eigenvalue weighted by Gasteiger charge is -2.44. The van der Waals surface area contributed by atoms with Crippen molar-refractivity contribution in [3.63, 3.8) is 0 Å². The highest BCUT2D eigenvalue weighted by atomic mass is 16.2. The lowest BCUT2D eigenvalue weighted by atomic mass is 9.68. The second-order valence-electron chi connectivity index (χ2n) is 7.39. The van der Waals surface area contributed by atoms with Crippen LogP contribution in [0.25, 0.3) is 0 Å². The molecule has 2 aliphatic rings. The number of piperidine rings is 1. The van der Waals surface area contributed by atoms with Crippen molar-refractivity contribution in [3.05, 3.63) is 30.1 Å². The third-order valence-corrected chi connectivity index (χ3v) is 5.78. The molecule has 0 radical (unpaired) electrons. The molecule has 1 spiro atoms. The van der Waals surface area contributed by atoms with Crippen LogP contribution in [0.5, 0.6) is 0 Å². The Hall–Kier alpha value is -1.58. The number of carbonyl (C=O) groups excluding carboxylic acids is 1. The summed E-state index contributed by atoms with van der Waals surface area (Å²) in [6.07, 6.45) is 11.1. The Morgan fingerprint density at radius 3 is 2.61 bits per heavy atom. The Morgan fingerprint density at radius 2 is 1.96 bits per heavy atom. The van der Waals surface area contributed by atoms with Crippen LogP contribution in [0.15, 0.2) is 24.4 Å². The molecule has 1 aliphatic carbocycles. The van der Waals surface area contributed by atoms with Gasteiger partial charge >= 0.3 is 6.03 Å². The van der Waals surface area contributed by atoms with Gasteiger partial charge in [-0.05, 0) is 43.2 Å². The highest BCUT2D eigenvalue weighted by molar-refractivity contribution is 5.74. The third kappa shape index (κ3) is 4.04. The average molecular weight is 315 g/mol. The summed E-state index contributed by atoms with van der Waals surface area (Å²) in [6.45, 7) is 4.60. The van der Waals surface area contributed by atoms with Crippen LogP contribution < -0.4 is 5.32 Å². The first-order valence-electron chi connectivity index (χ1n) is 9.12. The molecule has 23 heavy (non-hydrogen) atoms. The molecule has 1 aliphatic heterocycles. The van der Waals surface area contributed by atoms with Crippen molar-refractivity contribution in [2.24, 2.45) is 5.41 Å². The second-order valence-corrected chi connectivity index (χ2v) is 7.39. The molecule has 1 saturated carbocycles. The molecule has 2 fully saturated rings. The van der Waals surface area contributed by atoms with Crippen molar-refractivity contribution in [1.82, 2.24) is 15.2 Å². The van der Waals surface area contributed by atoms with Gasteiger partial charge < -0.3 is 10.2 Å². The number of nitrogens with one attached hydrogen (secondary N) is 1. The van der Waals surface area contributed by atoms with Gasteiger partial charge in [0.05, 0.1) is 0 Å². The number of aromatic nitrogens is 1. The molecule has 3 rings (SSSR count). The molecule has 1 N–H and O–H groups in total. The fraction of sp³-hybridized carbons (Fsp3) is 0.684. The van der Waals surface area contributed by atoms with E-state index in [1.54, 1.807) is 0 Å². The van der Waals surface area contributed by atoms with E-state index in [0.29, 0.717) is 12.0 Å². The highest BCUT2D eigenvalue weighted by Gasteiger charge is 2.36. The van der Waals surface area contributed by atoms with Crippen LogP contribution >= 0.6 is 0 Å². The van der Waals surface area contributed by atoms with Gasteiger partial charge in [0.2, 0.25) is 0 Å². The van der Waals surface area contributed by atoms with Gasteiger partial charge in [0.15, 0.2) is 0 Å². The van der Waals surface area contributed by atoms with Crippen LogP contribution in [0.2, 0.25) is 0 Å². The topological polar surface area (TPSA) is 45.2 Å². The van der Waals surface area contributed by atoms with Gasteiger partial charge in [0.1, 0.15) is 0 Å². The number of urea groups is 1. The summed E-state index contributed by atoms with van der Waals surface area (Å²) < 4.78 is 0. The number of hydrogen-bond donors (Lipinski definition) is 1. The lowest BCUT2D eigenvalue weighted by Crippen LogP contribution is -2.48. The zero-order valence-corrected chi connectivity index (χ0v) is 14.3. The first kappa shape index (κ1) is 16.3. The minimum absolute atomic E-state index is 0.0958. The van der Waals surface area contributed by atoms with Crippen LogP contribution in [0.1, 0.15) is 63.5 Å². The standard InChI is InChI=1S/C19H29N3O/c1-16(17-7-3-6-12-20-17)15-21-18(23)22-13-10-19(11-14-22)8-4-2-5-9-19/h3,6-7,12,16H,2,4-5,8-11,13-15H2,1H3,(H,21,23). The number of nitrogens with zero attached hydrogens (tertiary/aromatic N) is 2. The summed E-state index contributed by atoms with van der Waals surface area (Å²) >= 11 is 0. The van der Waals surface area contributed by atoms with Crippen LogP contribution in [-0.2, 0) is 0 Å². The first-order valence-corrected chi connectivity index (χ1v) is 9.12. The van der Waals surface area contributed by atoms with E-state index in [0.717, 1.165) is 18.8 Å². The maximum atomic E-state index is 12.4. The zero-order valence-electron chi connectivity index (χ0n) is 14.3. The van der Waals surface area contributed by atoms with Crippen molar-refractivity contribution >= 4 is 6.03 Å². The fourth-order valence-corrected chi connectivity index (χ4v) is 4.11. The summed E-state index contributed by atoms with van der Waals surface area (Å²) in [6, 6.07) is 6.03. The molecular formula is C19H29N3O. The van der Waals surface area contributed by atoms with Crippen LogP contribution in [0, 0.1) is 5.41 Å². The van der Waals surface area contributed by atoms with Crippen LogP contribution in [0.4, 0.5) is 4.79 Å². The molecule has 1 saturated heterocycles. The maximum absolute atomic E-state index is 12.4. The monoisotopic (exact) mass is 315 g/mol. The van der Waals surface area contributed by atoms with E-state index in [2.05, 4.69) is 17.2 Å². The molecular weight excluding hydrogens is 286 g/mol. The number of likely N-dealkylation sites (tertiary alicyclic amines) is 1. The van der Waals surface area contributed by atoms with E-state index in [1.807, 2.05) is 29.3 Å². The summed E-state index contributed by atoms with van der Waals surface area (Å²) in [4.78, 5) is 18.8. The Morgan fingerprint density at radius 1 is 1.22 bits per heavy atom. The van der Waals surface area contributed by atoms with E-state index in [-0.39, 0.29) is 11.9 Å².